The molecule has 0 spiro atoms. The fraction of sp³-hybridized carbons (Fsp3) is 0.357. The second kappa shape index (κ2) is 5.47. The van der Waals surface area contributed by atoms with Crippen LogP contribution in [0.25, 0.3) is 0 Å². The van der Waals surface area contributed by atoms with Gasteiger partial charge in [-0.3, -0.25) is 0 Å². The number of rotatable bonds is 5. The average Bonchev–Trinajstić information content (AvgIpc) is 3.13. The maximum Gasteiger partial charge on any atom is 0.141 e. The number of nitrogens with zero attached hydrogens (tertiary/aromatic N) is 2. The van der Waals surface area contributed by atoms with Crippen LogP contribution in [-0.2, 0) is 12.4 Å². The molecule has 5 heteroatoms. The number of pyridine rings is 1. The summed E-state index contributed by atoms with van der Waals surface area (Å²) in [6, 6.07) is 4.11. The van der Waals surface area contributed by atoms with Crippen molar-refractivity contribution in [3.63, 3.8) is 0 Å². The Morgan fingerprint density at radius 2 is 2.32 bits per heavy atom. The lowest BCUT2D eigenvalue weighted by molar-refractivity contribution is 0.617. The van der Waals surface area contributed by atoms with Gasteiger partial charge in [-0.1, -0.05) is 0 Å². The van der Waals surface area contributed by atoms with Crippen molar-refractivity contribution in [2.45, 2.75) is 31.3 Å². The van der Waals surface area contributed by atoms with E-state index in [4.69, 9.17) is 11.6 Å². The van der Waals surface area contributed by atoms with E-state index in [2.05, 4.69) is 26.7 Å². The van der Waals surface area contributed by atoms with E-state index < -0.39 is 0 Å². The molecule has 1 fully saturated rings. The third-order valence-electron chi connectivity index (χ3n) is 3.25. The van der Waals surface area contributed by atoms with Crippen LogP contribution < -0.4 is 4.90 Å². The largest absolute Gasteiger partial charge is 0.349 e. The number of hydrogen-bond donors (Lipinski definition) is 0. The summed E-state index contributed by atoms with van der Waals surface area (Å²) in [6.45, 7) is 0.816. The van der Waals surface area contributed by atoms with Gasteiger partial charge in [0.2, 0.25) is 0 Å². The molecular formula is C14H14ClFN2S. The van der Waals surface area contributed by atoms with E-state index in [0.717, 1.165) is 17.9 Å². The first-order valence-electron chi connectivity index (χ1n) is 6.26. The lowest BCUT2D eigenvalue weighted by Gasteiger charge is -2.25. The SMILES string of the molecule is Fc1cnc(N(Cc2ccsc2)C2CC2)c(CCl)c1. The van der Waals surface area contributed by atoms with Gasteiger partial charge in [-0.2, -0.15) is 11.3 Å². The molecule has 0 radical (unpaired) electrons. The highest BCUT2D eigenvalue weighted by Gasteiger charge is 2.31. The molecule has 0 amide bonds. The predicted molar refractivity (Wildman–Crippen MR) is 77.3 cm³/mol. The zero-order valence-electron chi connectivity index (χ0n) is 10.4. The molecule has 2 aromatic rings. The van der Waals surface area contributed by atoms with Crippen molar-refractivity contribution in [2.75, 3.05) is 4.90 Å². The van der Waals surface area contributed by atoms with Crippen molar-refractivity contribution in [1.29, 1.82) is 0 Å². The number of hydrogen-bond acceptors (Lipinski definition) is 3. The van der Waals surface area contributed by atoms with Crippen LogP contribution >= 0.6 is 22.9 Å². The van der Waals surface area contributed by atoms with Gasteiger partial charge in [0.05, 0.1) is 12.1 Å². The fourth-order valence-electron chi connectivity index (χ4n) is 2.17. The van der Waals surface area contributed by atoms with E-state index in [1.165, 1.54) is 30.7 Å². The Kier molecular flexibility index (Phi) is 3.71. The molecule has 0 aliphatic heterocycles. The van der Waals surface area contributed by atoms with Crippen molar-refractivity contribution in [3.8, 4) is 0 Å². The Hall–Kier alpha value is -1.13. The van der Waals surface area contributed by atoms with Crippen LogP contribution in [0, 0.1) is 5.82 Å². The molecule has 3 rings (SSSR count). The molecule has 0 N–H and O–H groups in total. The van der Waals surface area contributed by atoms with E-state index in [-0.39, 0.29) is 11.7 Å². The van der Waals surface area contributed by atoms with Gasteiger partial charge in [-0.15, -0.1) is 11.6 Å². The Bertz CT molecular complexity index is 555. The maximum absolute atomic E-state index is 13.3. The van der Waals surface area contributed by atoms with E-state index in [0.29, 0.717) is 6.04 Å². The summed E-state index contributed by atoms with van der Waals surface area (Å²) < 4.78 is 13.3. The van der Waals surface area contributed by atoms with Crippen molar-refractivity contribution < 1.29 is 4.39 Å². The van der Waals surface area contributed by atoms with E-state index in [1.807, 2.05) is 0 Å². The molecule has 0 bridgehead atoms. The van der Waals surface area contributed by atoms with Gasteiger partial charge in [0.15, 0.2) is 0 Å². The number of thiophene rings is 1. The smallest absolute Gasteiger partial charge is 0.141 e. The van der Waals surface area contributed by atoms with Crippen molar-refractivity contribution in [1.82, 2.24) is 4.98 Å². The monoisotopic (exact) mass is 296 g/mol. The third kappa shape index (κ3) is 2.90. The van der Waals surface area contributed by atoms with Crippen LogP contribution in [0.3, 0.4) is 0 Å². The summed E-state index contributed by atoms with van der Waals surface area (Å²) in [7, 11) is 0. The zero-order chi connectivity index (χ0) is 13.2. The predicted octanol–water partition coefficient (Wildman–Crippen LogP) is 4.19. The Balaban J connectivity index is 1.91. The fourth-order valence-corrected chi connectivity index (χ4v) is 3.03. The van der Waals surface area contributed by atoms with Gasteiger partial charge in [-0.25, -0.2) is 9.37 Å². The molecule has 1 aliphatic carbocycles. The molecule has 1 saturated carbocycles. The minimum absolute atomic E-state index is 0.285. The summed E-state index contributed by atoms with van der Waals surface area (Å²) >= 11 is 7.61. The van der Waals surface area contributed by atoms with Crippen molar-refractivity contribution >= 4 is 28.8 Å². The molecule has 0 unspecified atom stereocenters. The number of halogens is 2. The molecule has 19 heavy (non-hydrogen) atoms. The molecule has 2 aromatic heterocycles. The lowest BCUT2D eigenvalue weighted by Crippen LogP contribution is -2.27. The van der Waals surface area contributed by atoms with Gasteiger partial charge >= 0.3 is 0 Å². The van der Waals surface area contributed by atoms with Gasteiger partial charge in [-0.05, 0) is 41.3 Å². The van der Waals surface area contributed by atoms with Crippen molar-refractivity contribution in [3.05, 3.63) is 46.0 Å². The summed E-state index contributed by atoms with van der Waals surface area (Å²) in [5.41, 5.74) is 2.03. The number of alkyl halides is 1. The first-order chi connectivity index (χ1) is 9.28. The van der Waals surface area contributed by atoms with E-state index >= 15 is 0 Å². The van der Waals surface area contributed by atoms with Gasteiger partial charge in [0.25, 0.3) is 0 Å². The highest BCUT2D eigenvalue weighted by atomic mass is 35.5. The molecule has 100 valence electrons. The first-order valence-corrected chi connectivity index (χ1v) is 7.74. The zero-order valence-corrected chi connectivity index (χ0v) is 11.9. The van der Waals surface area contributed by atoms with E-state index in [9.17, 15) is 4.39 Å². The quantitative estimate of drug-likeness (QED) is 0.769. The molecule has 0 atom stereocenters. The first kappa shape index (κ1) is 12.9. The van der Waals surface area contributed by atoms with Gasteiger partial charge < -0.3 is 4.90 Å². The van der Waals surface area contributed by atoms with Crippen LogP contribution in [0.15, 0.2) is 29.1 Å². The van der Waals surface area contributed by atoms with Crippen LogP contribution in [0.5, 0.6) is 0 Å². The third-order valence-corrected chi connectivity index (χ3v) is 4.27. The number of aromatic nitrogens is 1. The molecule has 2 nitrogen and oxygen atoms in total. The summed E-state index contributed by atoms with van der Waals surface area (Å²) in [5.74, 6) is 0.781. The normalized spacial score (nSPS) is 14.6. The maximum atomic E-state index is 13.3. The van der Waals surface area contributed by atoms with Crippen LogP contribution in [0.4, 0.5) is 10.2 Å². The average molecular weight is 297 g/mol. The number of anilines is 1. The van der Waals surface area contributed by atoms with Crippen molar-refractivity contribution in [2.24, 2.45) is 0 Å². The lowest BCUT2D eigenvalue weighted by atomic mass is 10.2. The molecule has 0 aromatic carbocycles. The Morgan fingerprint density at radius 3 is 2.95 bits per heavy atom. The summed E-state index contributed by atoms with van der Waals surface area (Å²) in [5, 5.41) is 4.21. The Morgan fingerprint density at radius 1 is 1.47 bits per heavy atom. The van der Waals surface area contributed by atoms with Gasteiger partial charge in [0, 0.05) is 18.2 Å². The molecule has 0 saturated heterocycles. The highest BCUT2D eigenvalue weighted by molar-refractivity contribution is 7.07. The standard InChI is InChI=1S/C14H14ClFN2S/c15-6-11-5-12(16)7-17-14(11)18(13-1-2-13)8-10-3-4-19-9-10/h3-5,7,9,13H,1-2,6,8H2. The minimum Gasteiger partial charge on any atom is -0.349 e. The molecular weight excluding hydrogens is 283 g/mol. The van der Waals surface area contributed by atoms with Gasteiger partial charge in [0.1, 0.15) is 11.6 Å². The van der Waals surface area contributed by atoms with E-state index in [1.54, 1.807) is 11.3 Å². The minimum atomic E-state index is -0.328. The summed E-state index contributed by atoms with van der Waals surface area (Å²) in [6.07, 6.45) is 3.62. The second-order valence-corrected chi connectivity index (χ2v) is 5.81. The molecule has 2 heterocycles. The van der Waals surface area contributed by atoms with Crippen LogP contribution in [0.2, 0.25) is 0 Å². The van der Waals surface area contributed by atoms with Crippen LogP contribution in [0.1, 0.15) is 24.0 Å². The summed E-state index contributed by atoms with van der Waals surface area (Å²) in [4.78, 5) is 6.51. The van der Waals surface area contributed by atoms with Crippen LogP contribution in [-0.4, -0.2) is 11.0 Å². The molecule has 1 aliphatic rings. The second-order valence-electron chi connectivity index (χ2n) is 4.76. The topological polar surface area (TPSA) is 16.1 Å². The Labute approximate surface area is 120 Å². The highest BCUT2D eigenvalue weighted by Crippen LogP contribution is 2.34.